The molecule has 260 valence electrons. The van der Waals surface area contributed by atoms with Gasteiger partial charge in [0.05, 0.1) is 22.4 Å². The first-order chi connectivity index (χ1) is 24.2. The number of fused-ring (bicyclic) bond motifs is 3. The highest BCUT2D eigenvalue weighted by atomic mass is 16.5. The number of benzene rings is 4. The van der Waals surface area contributed by atoms with Crippen LogP contribution in [0.1, 0.15) is 99.5 Å². The van der Waals surface area contributed by atoms with Crippen LogP contribution in [-0.4, -0.2) is 19.3 Å². The maximum absolute atomic E-state index is 6.76. The van der Waals surface area contributed by atoms with Crippen molar-refractivity contribution in [1.82, 2.24) is 19.3 Å². The van der Waals surface area contributed by atoms with Crippen molar-refractivity contribution in [3.05, 3.63) is 130 Å². The summed E-state index contributed by atoms with van der Waals surface area (Å²) < 4.78 is 11.1. The number of rotatable bonds is 7. The maximum atomic E-state index is 6.76. The van der Waals surface area contributed by atoms with E-state index in [1.165, 1.54) is 49.7 Å². The number of hydrogen-bond donors (Lipinski definition) is 0. The van der Waals surface area contributed by atoms with Crippen LogP contribution in [-0.2, 0) is 5.41 Å². The van der Waals surface area contributed by atoms with Gasteiger partial charge in [0.2, 0.25) is 0 Å². The molecule has 5 nitrogen and oxygen atoms in total. The van der Waals surface area contributed by atoms with Gasteiger partial charge in [0.25, 0.3) is 0 Å². The van der Waals surface area contributed by atoms with E-state index >= 15 is 0 Å². The lowest BCUT2D eigenvalue weighted by Gasteiger charge is -2.22. The van der Waals surface area contributed by atoms with E-state index in [-0.39, 0.29) is 5.41 Å². The first-order valence-corrected chi connectivity index (χ1v) is 18.2. The van der Waals surface area contributed by atoms with E-state index in [1.807, 2.05) is 6.20 Å². The predicted molar refractivity (Wildman–Crippen MR) is 213 cm³/mol. The number of hydrogen-bond acceptors (Lipinski definition) is 3. The van der Waals surface area contributed by atoms with Gasteiger partial charge in [-0.15, -0.1) is 0 Å². The molecule has 0 aliphatic carbocycles. The van der Waals surface area contributed by atoms with E-state index in [9.17, 15) is 0 Å². The Hall–Kier alpha value is -5.16. The van der Waals surface area contributed by atoms with Gasteiger partial charge >= 0.3 is 0 Å². The topological polar surface area (TPSA) is 44.9 Å². The molecular weight excluding hydrogens is 625 g/mol. The molecule has 3 aromatic heterocycles. The van der Waals surface area contributed by atoms with Gasteiger partial charge in [-0.25, -0.2) is 9.67 Å². The largest absolute Gasteiger partial charge is 0.457 e. The highest BCUT2D eigenvalue weighted by Crippen LogP contribution is 2.39. The van der Waals surface area contributed by atoms with E-state index in [0.717, 1.165) is 45.4 Å². The molecule has 0 atom stereocenters. The third-order valence-electron chi connectivity index (χ3n) is 10.3. The monoisotopic (exact) mass is 674 g/mol. The molecule has 5 heteroatoms. The van der Waals surface area contributed by atoms with Crippen LogP contribution in [0, 0.1) is 27.7 Å². The number of ether oxygens (including phenoxy) is 1. The number of aryl methyl sites for hydroxylation is 3. The minimum Gasteiger partial charge on any atom is -0.457 e. The van der Waals surface area contributed by atoms with E-state index in [2.05, 4.69) is 170 Å². The van der Waals surface area contributed by atoms with E-state index in [0.29, 0.717) is 11.8 Å². The van der Waals surface area contributed by atoms with Crippen LogP contribution in [0.2, 0.25) is 0 Å². The van der Waals surface area contributed by atoms with Crippen molar-refractivity contribution in [2.24, 2.45) is 0 Å². The maximum Gasteiger partial charge on any atom is 0.137 e. The average molecular weight is 675 g/mol. The molecule has 0 bridgehead atoms. The van der Waals surface area contributed by atoms with E-state index in [1.54, 1.807) is 0 Å². The summed E-state index contributed by atoms with van der Waals surface area (Å²) in [6.07, 6.45) is 1.92. The van der Waals surface area contributed by atoms with Crippen molar-refractivity contribution in [1.29, 1.82) is 0 Å². The second-order valence-electron chi connectivity index (χ2n) is 15.8. The highest BCUT2D eigenvalue weighted by Gasteiger charge is 2.23. The van der Waals surface area contributed by atoms with Gasteiger partial charge in [-0.05, 0) is 121 Å². The number of aromatic nitrogens is 4. The van der Waals surface area contributed by atoms with Crippen molar-refractivity contribution >= 4 is 21.8 Å². The van der Waals surface area contributed by atoms with E-state index in [4.69, 9.17) is 14.8 Å². The van der Waals surface area contributed by atoms with Gasteiger partial charge in [0, 0.05) is 40.4 Å². The minimum atomic E-state index is 0.0901. The lowest BCUT2D eigenvalue weighted by Crippen LogP contribution is -2.12. The van der Waals surface area contributed by atoms with Gasteiger partial charge in [-0.2, -0.15) is 5.10 Å². The van der Waals surface area contributed by atoms with Gasteiger partial charge < -0.3 is 4.74 Å². The Kier molecular flexibility index (Phi) is 8.65. The number of pyridine rings is 1. The fourth-order valence-corrected chi connectivity index (χ4v) is 7.48. The summed E-state index contributed by atoms with van der Waals surface area (Å²) in [6.45, 7) is 24.5. The Labute approximate surface area is 302 Å². The van der Waals surface area contributed by atoms with Crippen molar-refractivity contribution in [2.75, 3.05) is 0 Å². The summed E-state index contributed by atoms with van der Waals surface area (Å²) in [5.74, 6) is 3.18. The van der Waals surface area contributed by atoms with Crippen LogP contribution < -0.4 is 4.74 Å². The first kappa shape index (κ1) is 34.3. The molecule has 0 amide bonds. The average Bonchev–Trinajstić information content (AvgIpc) is 3.56. The first-order valence-electron chi connectivity index (χ1n) is 18.2. The normalized spacial score (nSPS) is 12.2. The van der Waals surface area contributed by atoms with Crippen molar-refractivity contribution in [3.63, 3.8) is 0 Å². The molecule has 51 heavy (non-hydrogen) atoms. The summed E-state index contributed by atoms with van der Waals surface area (Å²) in [4.78, 5) is 4.83. The summed E-state index contributed by atoms with van der Waals surface area (Å²) in [5, 5.41) is 7.50. The third-order valence-corrected chi connectivity index (χ3v) is 10.3. The molecular formula is C46H50N4O. The molecule has 7 rings (SSSR count). The smallest absolute Gasteiger partial charge is 0.137 e. The molecule has 0 saturated heterocycles. The van der Waals surface area contributed by atoms with Crippen LogP contribution in [0.5, 0.6) is 11.5 Å². The molecule has 0 saturated carbocycles. The molecule has 4 aromatic carbocycles. The van der Waals surface area contributed by atoms with Crippen LogP contribution >= 0.6 is 0 Å². The number of para-hydroxylation sites is 1. The zero-order valence-corrected chi connectivity index (χ0v) is 32.0. The van der Waals surface area contributed by atoms with Crippen LogP contribution in [0.4, 0.5) is 0 Å². The predicted octanol–water partition coefficient (Wildman–Crippen LogP) is 12.6. The van der Waals surface area contributed by atoms with Gasteiger partial charge in [-0.1, -0.05) is 78.8 Å². The molecule has 0 radical (unpaired) electrons. The summed E-state index contributed by atoms with van der Waals surface area (Å²) in [7, 11) is 0. The quantitative estimate of drug-likeness (QED) is 0.169. The van der Waals surface area contributed by atoms with Gasteiger partial charge in [-0.3, -0.25) is 4.57 Å². The van der Waals surface area contributed by atoms with Crippen molar-refractivity contribution < 1.29 is 4.74 Å². The lowest BCUT2D eigenvalue weighted by molar-refractivity contribution is 0.481. The molecule has 7 aromatic rings. The van der Waals surface area contributed by atoms with Gasteiger partial charge in [0.15, 0.2) is 0 Å². The Morgan fingerprint density at radius 2 is 1.33 bits per heavy atom. The Morgan fingerprint density at radius 3 is 2.02 bits per heavy atom. The standard InChI is InChI=1S/C46H50N4O/c1-27(2)33-18-19-47-43(24-33)49-41-15-13-12-14-39(41)40-17-16-37(26-42(40)49)51-38-23-34(28(3)4)22-36(25-38)50-32(8)45(31(7)48-50)44-29(5)20-35(21-30(44)6)46(9,10)11/h12-28H,1-11H3. The lowest BCUT2D eigenvalue weighted by atomic mass is 9.82. The Balaban J connectivity index is 1.32. The van der Waals surface area contributed by atoms with Crippen LogP contribution in [0.3, 0.4) is 0 Å². The van der Waals surface area contributed by atoms with Gasteiger partial charge in [0.1, 0.15) is 17.3 Å². The second-order valence-corrected chi connectivity index (χ2v) is 15.8. The Morgan fingerprint density at radius 1 is 0.647 bits per heavy atom. The highest BCUT2D eigenvalue weighted by molar-refractivity contribution is 6.09. The minimum absolute atomic E-state index is 0.0901. The third kappa shape index (κ3) is 6.24. The van der Waals surface area contributed by atoms with E-state index < -0.39 is 0 Å². The molecule has 0 fully saturated rings. The Bertz CT molecular complexity index is 2410. The zero-order chi connectivity index (χ0) is 36.4. The summed E-state index contributed by atoms with van der Waals surface area (Å²) in [5.41, 5.74) is 14.3. The SMILES string of the molecule is Cc1cc(C(C)(C)C)cc(C)c1-c1c(C)nn(-c2cc(Oc3ccc4c5ccccc5n(-c5cc(C(C)C)ccn5)c4c3)cc(C(C)C)c2)c1C. The fraction of sp³-hybridized carbons (Fsp3) is 0.304. The fourth-order valence-electron chi connectivity index (χ4n) is 7.48. The van der Waals surface area contributed by atoms with Crippen molar-refractivity contribution in [2.45, 2.75) is 93.4 Å². The molecule has 0 aliphatic heterocycles. The second kappa shape index (κ2) is 12.9. The summed E-state index contributed by atoms with van der Waals surface area (Å²) >= 11 is 0. The molecule has 0 aliphatic rings. The molecule has 0 N–H and O–H groups in total. The van der Waals surface area contributed by atoms with Crippen LogP contribution in [0.25, 0.3) is 44.4 Å². The summed E-state index contributed by atoms with van der Waals surface area (Å²) in [6, 6.07) is 30.5. The molecule has 0 spiro atoms. The molecule has 0 unspecified atom stereocenters. The van der Waals surface area contributed by atoms with Crippen molar-refractivity contribution in [3.8, 4) is 34.1 Å². The number of nitrogens with zero attached hydrogens (tertiary/aromatic N) is 4. The van der Waals surface area contributed by atoms with Crippen LogP contribution in [0.15, 0.2) is 91.1 Å². The molecule has 3 heterocycles. The zero-order valence-electron chi connectivity index (χ0n) is 32.0.